The molecular weight excluding hydrogens is 216 g/mol. The summed E-state index contributed by atoms with van der Waals surface area (Å²) in [5, 5.41) is 14.1. The first-order valence-corrected chi connectivity index (χ1v) is 5.52. The molecule has 0 amide bonds. The van der Waals surface area contributed by atoms with Crippen molar-refractivity contribution in [2.45, 2.75) is 0 Å². The molecule has 88 valence electrons. The number of nitrogens with one attached hydrogen (secondary N) is 3. The van der Waals surface area contributed by atoms with Crippen LogP contribution in [0.4, 0.5) is 11.6 Å². The van der Waals surface area contributed by atoms with Crippen LogP contribution in [-0.2, 0) is 0 Å². The Labute approximate surface area is 97.6 Å². The van der Waals surface area contributed by atoms with Gasteiger partial charge in [0.25, 0.3) is 0 Å². The summed E-state index contributed by atoms with van der Waals surface area (Å²) in [6, 6.07) is 8.01. The van der Waals surface area contributed by atoms with Crippen molar-refractivity contribution in [3.05, 3.63) is 24.3 Å². The minimum absolute atomic E-state index is 0.111. The van der Waals surface area contributed by atoms with E-state index in [1.165, 1.54) is 0 Å². The number of rotatable bonds is 3. The van der Waals surface area contributed by atoms with Gasteiger partial charge in [-0.25, -0.2) is 0 Å². The van der Waals surface area contributed by atoms with Gasteiger partial charge in [-0.2, -0.15) is 0 Å². The van der Waals surface area contributed by atoms with Crippen molar-refractivity contribution >= 4 is 33.4 Å². The first kappa shape index (κ1) is 10.0. The van der Waals surface area contributed by atoms with E-state index < -0.39 is 0 Å². The van der Waals surface area contributed by atoms with Gasteiger partial charge in [-0.15, -0.1) is 0 Å². The van der Waals surface area contributed by atoms with E-state index in [1.54, 1.807) is 0 Å². The summed E-state index contributed by atoms with van der Waals surface area (Å²) >= 11 is 0. The molecule has 0 atom stereocenters. The van der Waals surface area contributed by atoms with E-state index in [0.29, 0.717) is 12.4 Å². The van der Waals surface area contributed by atoms with Crippen LogP contribution in [-0.4, -0.2) is 28.2 Å². The molecule has 0 aliphatic carbocycles. The Hall–Kier alpha value is -2.14. The molecule has 0 bridgehead atoms. The summed E-state index contributed by atoms with van der Waals surface area (Å²) in [5.41, 5.74) is 7.79. The van der Waals surface area contributed by atoms with Gasteiger partial charge in [0.05, 0.1) is 17.6 Å². The van der Waals surface area contributed by atoms with Crippen LogP contribution in [0.5, 0.6) is 0 Å². The summed E-state index contributed by atoms with van der Waals surface area (Å²) < 4.78 is 0. The lowest BCUT2D eigenvalue weighted by Gasteiger charge is -1.98. The molecule has 0 aliphatic rings. The van der Waals surface area contributed by atoms with Crippen molar-refractivity contribution < 1.29 is 5.11 Å². The fourth-order valence-corrected chi connectivity index (χ4v) is 2.10. The van der Waals surface area contributed by atoms with Gasteiger partial charge >= 0.3 is 0 Å². The van der Waals surface area contributed by atoms with E-state index >= 15 is 0 Å². The lowest BCUT2D eigenvalue weighted by Crippen LogP contribution is -2.05. The van der Waals surface area contributed by atoms with E-state index in [4.69, 9.17) is 10.8 Å². The van der Waals surface area contributed by atoms with E-state index in [2.05, 4.69) is 15.3 Å². The van der Waals surface area contributed by atoms with Gasteiger partial charge in [0.15, 0.2) is 0 Å². The molecule has 0 radical (unpaired) electrons. The average Bonchev–Trinajstić information content (AvgIpc) is 2.87. The van der Waals surface area contributed by atoms with Gasteiger partial charge in [-0.05, 0) is 12.1 Å². The molecule has 5 heteroatoms. The van der Waals surface area contributed by atoms with Crippen LogP contribution in [0.3, 0.4) is 0 Å². The fourth-order valence-electron chi connectivity index (χ4n) is 2.10. The molecule has 5 nitrogen and oxygen atoms in total. The number of aliphatic hydroxyl groups excluding tert-OH is 1. The summed E-state index contributed by atoms with van der Waals surface area (Å²) in [6.07, 6.45) is 0. The van der Waals surface area contributed by atoms with Crippen LogP contribution < -0.4 is 11.1 Å². The normalized spacial score (nSPS) is 11.4. The number of nitrogen functional groups attached to an aromatic ring is 1. The molecule has 17 heavy (non-hydrogen) atoms. The predicted molar refractivity (Wildman–Crippen MR) is 70.1 cm³/mol. The molecular formula is C12H14N4O. The number of aromatic nitrogens is 2. The second-order valence-corrected chi connectivity index (χ2v) is 4.05. The first-order chi connectivity index (χ1) is 8.28. The summed E-state index contributed by atoms with van der Waals surface area (Å²) in [5.74, 6) is 1.56. The standard InChI is InChI=1S/C12H14N4O/c13-9-5-7-1-2-8-6-10(14-3-4-17)16-12(8)11(7)15-9/h1-2,5-6,14-17H,3-4,13H2. The number of nitrogens with two attached hydrogens (primary N) is 1. The second-order valence-electron chi connectivity index (χ2n) is 4.05. The van der Waals surface area contributed by atoms with Gasteiger partial charge in [0.1, 0.15) is 11.6 Å². The number of aliphatic hydroxyl groups is 1. The molecule has 6 N–H and O–H groups in total. The van der Waals surface area contributed by atoms with Gasteiger partial charge < -0.3 is 26.1 Å². The van der Waals surface area contributed by atoms with Crippen LogP contribution in [0.25, 0.3) is 21.8 Å². The van der Waals surface area contributed by atoms with Crippen molar-refractivity contribution in [3.63, 3.8) is 0 Å². The van der Waals surface area contributed by atoms with E-state index in [9.17, 15) is 0 Å². The molecule has 3 aromatic rings. The molecule has 2 aromatic heterocycles. The second kappa shape index (κ2) is 3.71. The minimum atomic E-state index is 0.111. The maximum absolute atomic E-state index is 8.78. The van der Waals surface area contributed by atoms with Crippen molar-refractivity contribution in [1.82, 2.24) is 9.97 Å². The highest BCUT2D eigenvalue weighted by Crippen LogP contribution is 2.27. The number of fused-ring (bicyclic) bond motifs is 3. The van der Waals surface area contributed by atoms with Crippen LogP contribution in [0.1, 0.15) is 0 Å². The van der Waals surface area contributed by atoms with Crippen LogP contribution in [0.2, 0.25) is 0 Å². The zero-order chi connectivity index (χ0) is 11.8. The first-order valence-electron chi connectivity index (χ1n) is 5.52. The SMILES string of the molecule is Nc1cc2ccc3cc(NCCO)[nH]c3c2[nH]1. The van der Waals surface area contributed by atoms with E-state index in [0.717, 1.165) is 27.6 Å². The third-order valence-electron chi connectivity index (χ3n) is 2.84. The number of hydrogen-bond acceptors (Lipinski definition) is 3. The average molecular weight is 230 g/mol. The van der Waals surface area contributed by atoms with Crippen LogP contribution >= 0.6 is 0 Å². The smallest absolute Gasteiger partial charge is 0.104 e. The maximum atomic E-state index is 8.78. The Bertz CT molecular complexity index is 668. The van der Waals surface area contributed by atoms with Crippen molar-refractivity contribution in [2.75, 3.05) is 24.2 Å². The van der Waals surface area contributed by atoms with Crippen molar-refractivity contribution in [1.29, 1.82) is 0 Å². The minimum Gasteiger partial charge on any atom is -0.395 e. The van der Waals surface area contributed by atoms with Gasteiger partial charge in [0, 0.05) is 17.3 Å². The summed E-state index contributed by atoms with van der Waals surface area (Å²) in [7, 11) is 0. The van der Waals surface area contributed by atoms with Gasteiger partial charge in [0.2, 0.25) is 0 Å². The highest BCUT2D eigenvalue weighted by Gasteiger charge is 2.06. The van der Waals surface area contributed by atoms with Crippen LogP contribution in [0.15, 0.2) is 24.3 Å². The lowest BCUT2D eigenvalue weighted by molar-refractivity contribution is 0.311. The van der Waals surface area contributed by atoms with Gasteiger partial charge in [-0.1, -0.05) is 12.1 Å². The molecule has 3 rings (SSSR count). The number of H-pyrrole nitrogens is 2. The Balaban J connectivity index is 2.16. The zero-order valence-corrected chi connectivity index (χ0v) is 9.25. The topological polar surface area (TPSA) is 89.9 Å². The van der Waals surface area contributed by atoms with Gasteiger partial charge in [-0.3, -0.25) is 0 Å². The molecule has 0 saturated heterocycles. The van der Waals surface area contributed by atoms with Crippen molar-refractivity contribution in [3.8, 4) is 0 Å². The Kier molecular flexibility index (Phi) is 2.19. The number of anilines is 2. The summed E-state index contributed by atoms with van der Waals surface area (Å²) in [4.78, 5) is 6.42. The lowest BCUT2D eigenvalue weighted by atomic mass is 10.2. The molecule has 0 aliphatic heterocycles. The van der Waals surface area contributed by atoms with Crippen LogP contribution in [0, 0.1) is 0 Å². The number of hydrogen-bond donors (Lipinski definition) is 5. The van der Waals surface area contributed by atoms with E-state index in [-0.39, 0.29) is 6.61 Å². The highest BCUT2D eigenvalue weighted by molar-refractivity contribution is 6.06. The Morgan fingerprint density at radius 1 is 1.12 bits per heavy atom. The summed E-state index contributed by atoms with van der Waals surface area (Å²) in [6.45, 7) is 0.642. The monoisotopic (exact) mass is 230 g/mol. The zero-order valence-electron chi connectivity index (χ0n) is 9.25. The molecule has 0 fully saturated rings. The molecule has 0 unspecified atom stereocenters. The van der Waals surface area contributed by atoms with Crippen molar-refractivity contribution in [2.24, 2.45) is 0 Å². The highest BCUT2D eigenvalue weighted by atomic mass is 16.3. The quantitative estimate of drug-likeness (QED) is 0.473. The third kappa shape index (κ3) is 1.60. The third-order valence-corrected chi connectivity index (χ3v) is 2.84. The molecule has 1 aromatic carbocycles. The number of aromatic amines is 2. The number of benzene rings is 1. The van der Waals surface area contributed by atoms with E-state index in [1.807, 2.05) is 24.3 Å². The Morgan fingerprint density at radius 3 is 2.59 bits per heavy atom. The maximum Gasteiger partial charge on any atom is 0.104 e. The predicted octanol–water partition coefficient (Wildman–Crippen LogP) is 1.64. The molecule has 2 heterocycles. The Morgan fingerprint density at radius 2 is 1.82 bits per heavy atom. The molecule has 0 spiro atoms. The largest absolute Gasteiger partial charge is 0.395 e. The fraction of sp³-hybridized carbons (Fsp3) is 0.167. The molecule has 0 saturated carbocycles.